The molecule has 0 radical (unpaired) electrons. The Labute approximate surface area is 117 Å². The van der Waals surface area contributed by atoms with E-state index in [1.54, 1.807) is 11.3 Å². The second-order valence-electron chi connectivity index (χ2n) is 4.89. The zero-order valence-corrected chi connectivity index (χ0v) is 12.1. The first-order valence-corrected chi connectivity index (χ1v) is 7.44. The molecule has 5 heteroatoms. The Hall–Kier alpha value is -1.17. The van der Waals surface area contributed by atoms with Crippen molar-refractivity contribution in [2.45, 2.75) is 26.4 Å². The van der Waals surface area contributed by atoms with E-state index in [2.05, 4.69) is 16.8 Å². The minimum Gasteiger partial charge on any atom is -0.440 e. The van der Waals surface area contributed by atoms with Crippen molar-refractivity contribution in [3.63, 3.8) is 0 Å². The van der Waals surface area contributed by atoms with Crippen LogP contribution in [-0.4, -0.2) is 35.7 Å². The fraction of sp³-hybridized carbons (Fsp3) is 0.500. The summed E-state index contributed by atoms with van der Waals surface area (Å²) in [6, 6.07) is 4.50. The molecule has 0 spiro atoms. The third-order valence-electron chi connectivity index (χ3n) is 3.48. The Morgan fingerprint density at radius 1 is 1.53 bits per heavy atom. The number of aromatic nitrogens is 1. The highest BCUT2D eigenvalue weighted by Gasteiger charge is 2.22. The molecule has 1 saturated heterocycles. The topological polar surface area (TPSA) is 38.5 Å². The minimum absolute atomic E-state index is 0.440. The van der Waals surface area contributed by atoms with Crippen LogP contribution in [0, 0.1) is 6.92 Å². The van der Waals surface area contributed by atoms with E-state index in [4.69, 9.17) is 9.15 Å². The number of rotatable bonds is 3. The van der Waals surface area contributed by atoms with Gasteiger partial charge in [-0.15, -0.1) is 11.3 Å². The largest absolute Gasteiger partial charge is 0.440 e. The third-order valence-corrected chi connectivity index (χ3v) is 4.34. The van der Waals surface area contributed by atoms with Crippen LogP contribution >= 0.6 is 11.3 Å². The molecular formula is C14H18N2O2S. The lowest BCUT2D eigenvalue weighted by Crippen LogP contribution is -2.43. The summed E-state index contributed by atoms with van der Waals surface area (Å²) in [5, 5.41) is 2.04. The van der Waals surface area contributed by atoms with Gasteiger partial charge in [-0.1, -0.05) is 6.07 Å². The molecule has 0 N–H and O–H groups in total. The molecule has 0 aromatic carbocycles. The molecule has 1 fully saturated rings. The molecule has 0 unspecified atom stereocenters. The SMILES string of the molecule is Cc1oc(-c2cccs2)nc1CN1CCOC[C@@H]1C. The van der Waals surface area contributed by atoms with Crippen LogP contribution in [0.25, 0.3) is 10.8 Å². The van der Waals surface area contributed by atoms with Crippen LogP contribution in [0.1, 0.15) is 18.4 Å². The molecule has 2 aromatic heterocycles. The predicted molar refractivity (Wildman–Crippen MR) is 75.2 cm³/mol. The molecule has 3 heterocycles. The number of hydrogen-bond donors (Lipinski definition) is 0. The Kier molecular flexibility index (Phi) is 3.68. The van der Waals surface area contributed by atoms with Crippen molar-refractivity contribution in [2.24, 2.45) is 0 Å². The molecule has 0 amide bonds. The summed E-state index contributed by atoms with van der Waals surface area (Å²) in [4.78, 5) is 8.12. The van der Waals surface area contributed by atoms with E-state index in [9.17, 15) is 0 Å². The molecule has 1 aliphatic rings. The normalized spacial score (nSPS) is 20.8. The average Bonchev–Trinajstić information content (AvgIpc) is 3.02. The van der Waals surface area contributed by atoms with Crippen molar-refractivity contribution in [3.8, 4) is 10.8 Å². The van der Waals surface area contributed by atoms with Gasteiger partial charge in [0.05, 0.1) is 23.8 Å². The van der Waals surface area contributed by atoms with E-state index in [1.807, 2.05) is 24.4 Å². The smallest absolute Gasteiger partial charge is 0.236 e. The first kappa shape index (κ1) is 12.8. The van der Waals surface area contributed by atoms with Crippen molar-refractivity contribution < 1.29 is 9.15 Å². The number of morpholine rings is 1. The third kappa shape index (κ3) is 2.73. The van der Waals surface area contributed by atoms with Crippen LogP contribution in [0.5, 0.6) is 0 Å². The quantitative estimate of drug-likeness (QED) is 0.865. The molecule has 4 nitrogen and oxygen atoms in total. The Bertz CT molecular complexity index is 536. The van der Waals surface area contributed by atoms with E-state index >= 15 is 0 Å². The van der Waals surface area contributed by atoms with Crippen molar-refractivity contribution in [1.29, 1.82) is 0 Å². The summed E-state index contributed by atoms with van der Waals surface area (Å²) in [5.74, 6) is 1.66. The highest BCUT2D eigenvalue weighted by Crippen LogP contribution is 2.26. The fourth-order valence-corrected chi connectivity index (χ4v) is 2.92. The number of aryl methyl sites for hydroxylation is 1. The lowest BCUT2D eigenvalue weighted by Gasteiger charge is -2.32. The van der Waals surface area contributed by atoms with Gasteiger partial charge in [-0.2, -0.15) is 0 Å². The average molecular weight is 278 g/mol. The summed E-state index contributed by atoms with van der Waals surface area (Å²) in [7, 11) is 0. The van der Waals surface area contributed by atoms with E-state index in [0.29, 0.717) is 6.04 Å². The van der Waals surface area contributed by atoms with Crippen molar-refractivity contribution in [3.05, 3.63) is 29.0 Å². The second-order valence-corrected chi connectivity index (χ2v) is 5.84. The lowest BCUT2D eigenvalue weighted by atomic mass is 10.2. The molecule has 1 atom stereocenters. The van der Waals surface area contributed by atoms with Crippen LogP contribution in [-0.2, 0) is 11.3 Å². The van der Waals surface area contributed by atoms with Gasteiger partial charge in [0.25, 0.3) is 0 Å². The second kappa shape index (κ2) is 5.45. The summed E-state index contributed by atoms with van der Waals surface area (Å²) >= 11 is 1.65. The minimum atomic E-state index is 0.440. The highest BCUT2D eigenvalue weighted by molar-refractivity contribution is 7.13. The summed E-state index contributed by atoms with van der Waals surface area (Å²) in [6.07, 6.45) is 0. The maximum atomic E-state index is 5.78. The highest BCUT2D eigenvalue weighted by atomic mass is 32.1. The molecule has 19 heavy (non-hydrogen) atoms. The van der Waals surface area contributed by atoms with E-state index < -0.39 is 0 Å². The van der Waals surface area contributed by atoms with Gasteiger partial charge in [0.15, 0.2) is 0 Å². The number of thiophene rings is 1. The van der Waals surface area contributed by atoms with E-state index in [1.165, 1.54) is 0 Å². The predicted octanol–water partition coefficient (Wildman–Crippen LogP) is 2.93. The molecule has 0 bridgehead atoms. The number of oxazole rings is 1. The van der Waals surface area contributed by atoms with Crippen molar-refractivity contribution >= 4 is 11.3 Å². The lowest BCUT2D eigenvalue weighted by molar-refractivity contribution is -0.00502. The summed E-state index contributed by atoms with van der Waals surface area (Å²) in [5.41, 5.74) is 1.04. The molecule has 3 rings (SSSR count). The first-order valence-electron chi connectivity index (χ1n) is 6.56. The Balaban J connectivity index is 1.78. The number of ether oxygens (including phenoxy) is 1. The van der Waals surface area contributed by atoms with E-state index in [-0.39, 0.29) is 0 Å². The zero-order chi connectivity index (χ0) is 13.2. The molecule has 2 aromatic rings. The number of hydrogen-bond acceptors (Lipinski definition) is 5. The first-order chi connectivity index (χ1) is 9.24. The molecular weight excluding hydrogens is 260 g/mol. The van der Waals surface area contributed by atoms with Crippen molar-refractivity contribution in [2.75, 3.05) is 19.8 Å². The van der Waals surface area contributed by atoms with Gasteiger partial charge in [-0.05, 0) is 25.3 Å². The van der Waals surface area contributed by atoms with Gasteiger partial charge in [0.1, 0.15) is 5.76 Å². The van der Waals surface area contributed by atoms with Gasteiger partial charge < -0.3 is 9.15 Å². The van der Waals surface area contributed by atoms with Gasteiger partial charge in [-0.3, -0.25) is 4.90 Å². The number of nitrogens with zero attached hydrogens (tertiary/aromatic N) is 2. The maximum absolute atomic E-state index is 5.78. The van der Waals surface area contributed by atoms with Gasteiger partial charge >= 0.3 is 0 Å². The van der Waals surface area contributed by atoms with Crippen LogP contribution in [0.3, 0.4) is 0 Å². The maximum Gasteiger partial charge on any atom is 0.236 e. The molecule has 102 valence electrons. The molecule has 1 aliphatic heterocycles. The fourth-order valence-electron chi connectivity index (χ4n) is 2.27. The zero-order valence-electron chi connectivity index (χ0n) is 11.3. The standard InChI is InChI=1S/C14H18N2O2S/c1-10-9-17-6-5-16(10)8-12-11(2)18-14(15-12)13-4-3-7-19-13/h3-4,7,10H,5-6,8-9H2,1-2H3/t10-/m0/s1. The van der Waals surface area contributed by atoms with E-state index in [0.717, 1.165) is 48.5 Å². The van der Waals surface area contributed by atoms with Gasteiger partial charge in [0.2, 0.25) is 5.89 Å². The van der Waals surface area contributed by atoms with Crippen LogP contribution in [0.2, 0.25) is 0 Å². The van der Waals surface area contributed by atoms with Gasteiger partial charge in [-0.25, -0.2) is 4.98 Å². The Morgan fingerprint density at radius 2 is 2.42 bits per heavy atom. The summed E-state index contributed by atoms with van der Waals surface area (Å²) < 4.78 is 11.2. The monoisotopic (exact) mass is 278 g/mol. The summed E-state index contributed by atoms with van der Waals surface area (Å²) in [6.45, 7) is 7.58. The van der Waals surface area contributed by atoms with Crippen LogP contribution < -0.4 is 0 Å². The molecule has 0 saturated carbocycles. The van der Waals surface area contributed by atoms with Crippen molar-refractivity contribution in [1.82, 2.24) is 9.88 Å². The van der Waals surface area contributed by atoms with Crippen LogP contribution in [0.4, 0.5) is 0 Å². The van der Waals surface area contributed by atoms with Gasteiger partial charge in [0, 0.05) is 19.1 Å². The van der Waals surface area contributed by atoms with Crippen LogP contribution in [0.15, 0.2) is 21.9 Å². The Morgan fingerprint density at radius 3 is 3.16 bits per heavy atom. The molecule has 0 aliphatic carbocycles.